The zero-order chi connectivity index (χ0) is 9.97. The van der Waals surface area contributed by atoms with Crippen LogP contribution in [0.5, 0.6) is 0 Å². The van der Waals surface area contributed by atoms with Crippen LogP contribution in [0.1, 0.15) is 11.6 Å². The molecule has 4 heteroatoms. The van der Waals surface area contributed by atoms with Crippen LogP contribution in [0.2, 0.25) is 5.15 Å². The molecule has 1 N–H and O–H groups in total. The van der Waals surface area contributed by atoms with Crippen molar-refractivity contribution < 1.29 is 0 Å². The molecule has 0 aliphatic carbocycles. The third kappa shape index (κ3) is 2.05. The molecule has 76 valence electrons. The number of piperazine rings is 1. The fourth-order valence-electron chi connectivity index (χ4n) is 1.76. The van der Waals surface area contributed by atoms with Crippen molar-refractivity contribution in [2.45, 2.75) is 6.04 Å². The van der Waals surface area contributed by atoms with Crippen LogP contribution in [0.25, 0.3) is 0 Å². The standard InChI is InChI=1S/C10H14ClN3/c1-14-6-5-12-9(7-14)8-3-2-4-13-10(8)11/h2-4,9,12H,5-7H2,1H3. The number of aromatic nitrogens is 1. The van der Waals surface area contributed by atoms with Crippen molar-refractivity contribution in [3.05, 3.63) is 29.0 Å². The van der Waals surface area contributed by atoms with E-state index in [-0.39, 0.29) is 0 Å². The highest BCUT2D eigenvalue weighted by Crippen LogP contribution is 2.22. The Morgan fingerprint density at radius 2 is 2.50 bits per heavy atom. The molecule has 1 atom stereocenters. The summed E-state index contributed by atoms with van der Waals surface area (Å²) in [6, 6.07) is 4.28. The smallest absolute Gasteiger partial charge is 0.133 e. The van der Waals surface area contributed by atoms with Gasteiger partial charge in [-0.05, 0) is 13.1 Å². The summed E-state index contributed by atoms with van der Waals surface area (Å²) in [7, 11) is 2.12. The molecule has 1 fully saturated rings. The number of rotatable bonds is 1. The maximum atomic E-state index is 6.04. The predicted molar refractivity (Wildman–Crippen MR) is 57.5 cm³/mol. The number of hydrogen-bond acceptors (Lipinski definition) is 3. The van der Waals surface area contributed by atoms with Gasteiger partial charge in [-0.2, -0.15) is 0 Å². The normalized spacial score (nSPS) is 23.7. The Bertz CT molecular complexity index is 316. The van der Waals surface area contributed by atoms with Crippen molar-refractivity contribution in [1.82, 2.24) is 15.2 Å². The third-order valence-electron chi connectivity index (χ3n) is 2.54. The number of nitrogens with one attached hydrogen (secondary N) is 1. The summed E-state index contributed by atoms with van der Waals surface area (Å²) in [5.74, 6) is 0. The van der Waals surface area contributed by atoms with Crippen LogP contribution in [0.3, 0.4) is 0 Å². The maximum absolute atomic E-state index is 6.04. The first-order chi connectivity index (χ1) is 6.77. The molecular weight excluding hydrogens is 198 g/mol. The first-order valence-corrected chi connectivity index (χ1v) is 5.17. The second-order valence-corrected chi connectivity index (χ2v) is 4.01. The lowest BCUT2D eigenvalue weighted by Crippen LogP contribution is -2.43. The Labute approximate surface area is 89.1 Å². The number of halogens is 1. The van der Waals surface area contributed by atoms with Crippen molar-refractivity contribution in [2.75, 3.05) is 26.7 Å². The van der Waals surface area contributed by atoms with Crippen LogP contribution in [0.4, 0.5) is 0 Å². The Kier molecular flexibility index (Phi) is 3.01. The van der Waals surface area contributed by atoms with E-state index in [1.54, 1.807) is 6.20 Å². The minimum Gasteiger partial charge on any atom is -0.307 e. The summed E-state index contributed by atoms with van der Waals surface area (Å²) in [6.07, 6.45) is 1.72. The number of likely N-dealkylation sites (N-methyl/N-ethyl adjacent to an activating group) is 1. The fourth-order valence-corrected chi connectivity index (χ4v) is 2.01. The van der Waals surface area contributed by atoms with Crippen LogP contribution in [-0.2, 0) is 0 Å². The first-order valence-electron chi connectivity index (χ1n) is 4.79. The fraction of sp³-hybridized carbons (Fsp3) is 0.500. The van der Waals surface area contributed by atoms with Gasteiger partial charge < -0.3 is 10.2 Å². The van der Waals surface area contributed by atoms with Gasteiger partial charge in [0.1, 0.15) is 5.15 Å². The van der Waals surface area contributed by atoms with E-state index in [1.807, 2.05) is 12.1 Å². The quantitative estimate of drug-likeness (QED) is 0.711. The second kappa shape index (κ2) is 4.26. The SMILES string of the molecule is CN1CCNC(c2cccnc2Cl)C1. The zero-order valence-electron chi connectivity index (χ0n) is 8.20. The summed E-state index contributed by atoms with van der Waals surface area (Å²) >= 11 is 6.04. The molecule has 0 amide bonds. The molecule has 1 aromatic heterocycles. The van der Waals surface area contributed by atoms with Crippen LogP contribution < -0.4 is 5.32 Å². The highest BCUT2D eigenvalue weighted by molar-refractivity contribution is 6.30. The molecule has 1 aliphatic heterocycles. The van der Waals surface area contributed by atoms with Gasteiger partial charge in [-0.3, -0.25) is 0 Å². The second-order valence-electron chi connectivity index (χ2n) is 3.65. The van der Waals surface area contributed by atoms with E-state index >= 15 is 0 Å². The molecule has 0 saturated carbocycles. The van der Waals surface area contributed by atoms with E-state index in [0.717, 1.165) is 25.2 Å². The summed E-state index contributed by atoms with van der Waals surface area (Å²) in [5, 5.41) is 4.05. The van der Waals surface area contributed by atoms with Gasteiger partial charge >= 0.3 is 0 Å². The van der Waals surface area contributed by atoms with Crippen molar-refractivity contribution >= 4 is 11.6 Å². The average molecular weight is 212 g/mol. The molecule has 2 rings (SSSR count). The topological polar surface area (TPSA) is 28.2 Å². The largest absolute Gasteiger partial charge is 0.307 e. The Balaban J connectivity index is 2.18. The van der Waals surface area contributed by atoms with Crippen LogP contribution in [0.15, 0.2) is 18.3 Å². The van der Waals surface area contributed by atoms with Gasteiger partial charge in [0.2, 0.25) is 0 Å². The van der Waals surface area contributed by atoms with Crippen LogP contribution >= 0.6 is 11.6 Å². The van der Waals surface area contributed by atoms with Crippen molar-refractivity contribution in [1.29, 1.82) is 0 Å². The minimum atomic E-state index is 0.315. The molecule has 3 nitrogen and oxygen atoms in total. The van der Waals surface area contributed by atoms with Crippen molar-refractivity contribution in [3.63, 3.8) is 0 Å². The van der Waals surface area contributed by atoms with E-state index in [4.69, 9.17) is 11.6 Å². The van der Waals surface area contributed by atoms with Crippen LogP contribution in [-0.4, -0.2) is 36.6 Å². The monoisotopic (exact) mass is 211 g/mol. The molecule has 0 radical (unpaired) electrons. The third-order valence-corrected chi connectivity index (χ3v) is 2.86. The highest BCUT2D eigenvalue weighted by Gasteiger charge is 2.20. The van der Waals surface area contributed by atoms with Crippen molar-refractivity contribution in [3.8, 4) is 0 Å². The Morgan fingerprint density at radius 3 is 3.21 bits per heavy atom. The van der Waals surface area contributed by atoms with Gasteiger partial charge in [0, 0.05) is 37.4 Å². The van der Waals surface area contributed by atoms with Crippen LogP contribution in [0, 0.1) is 0 Å². The van der Waals surface area contributed by atoms with Gasteiger partial charge in [0.15, 0.2) is 0 Å². The van der Waals surface area contributed by atoms with Gasteiger partial charge in [0.25, 0.3) is 0 Å². The summed E-state index contributed by atoms with van der Waals surface area (Å²) in [4.78, 5) is 6.38. The van der Waals surface area contributed by atoms with Gasteiger partial charge in [-0.15, -0.1) is 0 Å². The molecule has 2 heterocycles. The number of pyridine rings is 1. The first kappa shape index (κ1) is 9.90. The number of hydrogen-bond donors (Lipinski definition) is 1. The van der Waals surface area contributed by atoms with Gasteiger partial charge in [-0.25, -0.2) is 4.98 Å². The lowest BCUT2D eigenvalue weighted by molar-refractivity contribution is 0.240. The minimum absolute atomic E-state index is 0.315. The van der Waals surface area contributed by atoms with E-state index in [9.17, 15) is 0 Å². The van der Waals surface area contributed by atoms with Crippen molar-refractivity contribution in [2.24, 2.45) is 0 Å². The average Bonchev–Trinajstić information content (AvgIpc) is 2.18. The van der Waals surface area contributed by atoms with E-state index < -0.39 is 0 Å². The molecule has 0 aromatic carbocycles. The maximum Gasteiger partial charge on any atom is 0.133 e. The lowest BCUT2D eigenvalue weighted by Gasteiger charge is -2.31. The molecule has 1 aliphatic rings. The van der Waals surface area contributed by atoms with Gasteiger partial charge in [0.05, 0.1) is 0 Å². The molecule has 0 spiro atoms. The van der Waals surface area contributed by atoms with Gasteiger partial charge in [-0.1, -0.05) is 17.7 Å². The highest BCUT2D eigenvalue weighted by atomic mass is 35.5. The zero-order valence-corrected chi connectivity index (χ0v) is 8.96. The predicted octanol–water partition coefficient (Wildman–Crippen LogP) is 1.31. The van der Waals surface area contributed by atoms with E-state index in [1.165, 1.54) is 0 Å². The summed E-state index contributed by atoms with van der Waals surface area (Å²) < 4.78 is 0. The van der Waals surface area contributed by atoms with E-state index in [0.29, 0.717) is 11.2 Å². The lowest BCUT2D eigenvalue weighted by atomic mass is 10.1. The Morgan fingerprint density at radius 1 is 1.64 bits per heavy atom. The molecule has 1 aromatic rings. The summed E-state index contributed by atoms with van der Waals surface area (Å²) in [6.45, 7) is 3.09. The molecular formula is C10H14ClN3. The summed E-state index contributed by atoms with van der Waals surface area (Å²) in [5.41, 5.74) is 1.10. The number of nitrogens with zero attached hydrogens (tertiary/aromatic N) is 2. The van der Waals surface area contributed by atoms with E-state index in [2.05, 4.69) is 22.2 Å². The molecule has 0 bridgehead atoms. The molecule has 14 heavy (non-hydrogen) atoms. The Hall–Kier alpha value is -0.640. The molecule has 1 unspecified atom stereocenters. The molecule has 1 saturated heterocycles.